The number of aliphatic hydroxyl groups excluding tert-OH is 1. The minimum absolute atomic E-state index is 0.222. The maximum absolute atomic E-state index is 8.74. The van der Waals surface area contributed by atoms with Crippen LogP contribution in [0.5, 0.6) is 5.75 Å². The van der Waals surface area contributed by atoms with Crippen molar-refractivity contribution in [3.8, 4) is 5.75 Å². The smallest absolute Gasteiger partial charge is 0.122 e. The van der Waals surface area contributed by atoms with Gasteiger partial charge in [0.2, 0.25) is 0 Å². The molecule has 1 N–H and O–H groups in total. The normalized spacial score (nSPS) is 14.1. The third-order valence-electron chi connectivity index (χ3n) is 2.15. The predicted molar refractivity (Wildman–Crippen MR) is 46.4 cm³/mol. The molecule has 0 spiro atoms. The molecule has 0 bridgehead atoms. The molecule has 0 amide bonds. The fraction of sp³-hybridized carbons (Fsp3) is 0.400. The van der Waals surface area contributed by atoms with Gasteiger partial charge in [0.05, 0.1) is 6.61 Å². The van der Waals surface area contributed by atoms with Gasteiger partial charge in [-0.1, -0.05) is 12.1 Å². The van der Waals surface area contributed by atoms with E-state index in [2.05, 4.69) is 6.07 Å². The molecule has 64 valence electrons. The van der Waals surface area contributed by atoms with Crippen molar-refractivity contribution in [3.05, 3.63) is 29.3 Å². The van der Waals surface area contributed by atoms with E-state index in [1.165, 1.54) is 11.1 Å². The lowest BCUT2D eigenvalue weighted by Crippen LogP contribution is -1.90. The lowest BCUT2D eigenvalue weighted by molar-refractivity contribution is 0.299. The van der Waals surface area contributed by atoms with Crippen molar-refractivity contribution in [2.45, 2.75) is 12.8 Å². The van der Waals surface area contributed by atoms with Gasteiger partial charge in [0, 0.05) is 13.0 Å². The van der Waals surface area contributed by atoms with E-state index in [1.54, 1.807) is 0 Å². The van der Waals surface area contributed by atoms with Crippen LogP contribution in [0.3, 0.4) is 0 Å². The maximum Gasteiger partial charge on any atom is 0.122 e. The third kappa shape index (κ3) is 1.30. The Kier molecular flexibility index (Phi) is 2.00. The van der Waals surface area contributed by atoms with E-state index in [0.29, 0.717) is 0 Å². The second kappa shape index (κ2) is 3.15. The van der Waals surface area contributed by atoms with Crippen molar-refractivity contribution < 1.29 is 9.84 Å². The van der Waals surface area contributed by atoms with Crippen molar-refractivity contribution >= 4 is 0 Å². The Bertz CT molecular complexity index is 281. The number of aliphatic hydroxyl groups is 1. The molecule has 0 aliphatic carbocycles. The molecule has 0 saturated carbocycles. The maximum atomic E-state index is 8.74. The third-order valence-corrected chi connectivity index (χ3v) is 2.15. The number of rotatable bonds is 2. The predicted octanol–water partition coefficient (Wildman–Crippen LogP) is 1.16. The van der Waals surface area contributed by atoms with E-state index in [1.807, 2.05) is 12.1 Å². The van der Waals surface area contributed by atoms with Crippen LogP contribution in [0.15, 0.2) is 18.2 Å². The standard InChI is InChI=1S/C10H12O2/c11-5-3-8-1-2-10-9(7-8)4-6-12-10/h1-2,7,11H,3-6H2. The van der Waals surface area contributed by atoms with E-state index in [0.717, 1.165) is 25.2 Å². The van der Waals surface area contributed by atoms with Gasteiger partial charge in [-0.05, 0) is 23.6 Å². The average molecular weight is 164 g/mol. The van der Waals surface area contributed by atoms with Crippen LogP contribution in [0.4, 0.5) is 0 Å². The van der Waals surface area contributed by atoms with Crippen LogP contribution in [0.1, 0.15) is 11.1 Å². The Balaban J connectivity index is 2.26. The van der Waals surface area contributed by atoms with E-state index in [9.17, 15) is 0 Å². The Morgan fingerprint density at radius 2 is 2.33 bits per heavy atom. The second-order valence-corrected chi connectivity index (χ2v) is 3.01. The summed E-state index contributed by atoms with van der Waals surface area (Å²) in [5.41, 5.74) is 2.47. The monoisotopic (exact) mass is 164 g/mol. The number of ether oxygens (including phenoxy) is 1. The highest BCUT2D eigenvalue weighted by Gasteiger charge is 2.11. The first-order valence-corrected chi connectivity index (χ1v) is 4.25. The summed E-state index contributed by atoms with van der Waals surface area (Å²) < 4.78 is 5.37. The molecule has 0 atom stereocenters. The van der Waals surface area contributed by atoms with Crippen LogP contribution >= 0.6 is 0 Å². The Labute approximate surface area is 71.8 Å². The lowest BCUT2D eigenvalue weighted by atomic mass is 10.1. The van der Waals surface area contributed by atoms with Crippen LogP contribution < -0.4 is 4.74 Å². The highest BCUT2D eigenvalue weighted by molar-refractivity contribution is 5.39. The molecular formula is C10H12O2. The van der Waals surface area contributed by atoms with Gasteiger partial charge >= 0.3 is 0 Å². The molecule has 2 rings (SSSR count). The summed E-state index contributed by atoms with van der Waals surface area (Å²) in [6.45, 7) is 1.03. The highest BCUT2D eigenvalue weighted by atomic mass is 16.5. The van der Waals surface area contributed by atoms with Crippen LogP contribution in [0.2, 0.25) is 0 Å². The number of hydrogen-bond acceptors (Lipinski definition) is 2. The van der Waals surface area contributed by atoms with Gasteiger partial charge < -0.3 is 9.84 Å². The summed E-state index contributed by atoms with van der Waals surface area (Å²) in [6.07, 6.45) is 1.75. The van der Waals surface area contributed by atoms with Gasteiger partial charge in [-0.2, -0.15) is 0 Å². The molecule has 1 heterocycles. The van der Waals surface area contributed by atoms with E-state index >= 15 is 0 Å². The molecular weight excluding hydrogens is 152 g/mol. The summed E-state index contributed by atoms with van der Waals surface area (Å²) >= 11 is 0. The molecule has 0 radical (unpaired) electrons. The zero-order chi connectivity index (χ0) is 8.39. The van der Waals surface area contributed by atoms with Gasteiger partial charge in [0.15, 0.2) is 0 Å². The molecule has 1 aromatic rings. The zero-order valence-electron chi connectivity index (χ0n) is 6.92. The molecule has 2 nitrogen and oxygen atoms in total. The van der Waals surface area contributed by atoms with Crippen molar-refractivity contribution in [3.63, 3.8) is 0 Å². The molecule has 1 aromatic carbocycles. The van der Waals surface area contributed by atoms with Crippen molar-refractivity contribution in [2.75, 3.05) is 13.2 Å². The zero-order valence-corrected chi connectivity index (χ0v) is 6.92. The molecule has 2 heteroatoms. The van der Waals surface area contributed by atoms with Crippen LogP contribution in [-0.4, -0.2) is 18.3 Å². The lowest BCUT2D eigenvalue weighted by Gasteiger charge is -2.01. The summed E-state index contributed by atoms with van der Waals surface area (Å²) in [7, 11) is 0. The van der Waals surface area contributed by atoms with Gasteiger partial charge in [-0.3, -0.25) is 0 Å². The molecule has 1 aliphatic rings. The summed E-state index contributed by atoms with van der Waals surface area (Å²) in [6, 6.07) is 6.13. The van der Waals surface area contributed by atoms with Gasteiger partial charge in [-0.15, -0.1) is 0 Å². The Morgan fingerprint density at radius 3 is 3.17 bits per heavy atom. The first-order chi connectivity index (χ1) is 5.90. The minimum atomic E-state index is 0.222. The SMILES string of the molecule is OCCc1ccc2c(c1)CCO2. The quantitative estimate of drug-likeness (QED) is 0.710. The Hall–Kier alpha value is -1.02. The van der Waals surface area contributed by atoms with Crippen LogP contribution in [0.25, 0.3) is 0 Å². The summed E-state index contributed by atoms with van der Waals surface area (Å²) in [4.78, 5) is 0. The molecule has 1 aliphatic heterocycles. The first-order valence-electron chi connectivity index (χ1n) is 4.25. The number of hydrogen-bond donors (Lipinski definition) is 1. The Morgan fingerprint density at radius 1 is 1.42 bits per heavy atom. The summed E-state index contributed by atoms with van der Waals surface area (Å²) in [5.74, 6) is 1.01. The van der Waals surface area contributed by atoms with Gasteiger partial charge in [0.25, 0.3) is 0 Å². The summed E-state index contributed by atoms with van der Waals surface area (Å²) in [5, 5.41) is 8.74. The molecule has 0 fully saturated rings. The van der Waals surface area contributed by atoms with Gasteiger partial charge in [-0.25, -0.2) is 0 Å². The van der Waals surface area contributed by atoms with Gasteiger partial charge in [0.1, 0.15) is 5.75 Å². The minimum Gasteiger partial charge on any atom is -0.493 e. The van der Waals surface area contributed by atoms with Crippen molar-refractivity contribution in [1.82, 2.24) is 0 Å². The van der Waals surface area contributed by atoms with E-state index in [-0.39, 0.29) is 6.61 Å². The highest BCUT2D eigenvalue weighted by Crippen LogP contribution is 2.25. The second-order valence-electron chi connectivity index (χ2n) is 3.01. The fourth-order valence-corrected chi connectivity index (χ4v) is 1.52. The molecule has 0 unspecified atom stereocenters. The van der Waals surface area contributed by atoms with Crippen LogP contribution in [0, 0.1) is 0 Å². The molecule has 0 aromatic heterocycles. The first kappa shape index (κ1) is 7.62. The van der Waals surface area contributed by atoms with Crippen molar-refractivity contribution in [1.29, 1.82) is 0 Å². The molecule has 0 saturated heterocycles. The fourth-order valence-electron chi connectivity index (χ4n) is 1.52. The van der Waals surface area contributed by atoms with Crippen LogP contribution in [-0.2, 0) is 12.8 Å². The number of benzene rings is 1. The largest absolute Gasteiger partial charge is 0.493 e. The van der Waals surface area contributed by atoms with E-state index < -0.39 is 0 Å². The molecule has 12 heavy (non-hydrogen) atoms. The average Bonchev–Trinajstić information content (AvgIpc) is 2.51. The van der Waals surface area contributed by atoms with E-state index in [4.69, 9.17) is 9.84 Å². The number of fused-ring (bicyclic) bond motifs is 1. The topological polar surface area (TPSA) is 29.5 Å². The van der Waals surface area contributed by atoms with Crippen molar-refractivity contribution in [2.24, 2.45) is 0 Å².